The van der Waals surface area contributed by atoms with Gasteiger partial charge in [-0.15, -0.1) is 0 Å². The molecule has 0 radical (unpaired) electrons. The van der Waals surface area contributed by atoms with Gasteiger partial charge < -0.3 is 14.8 Å². The number of thiocarbonyl (C=S) groups is 1. The first-order valence-corrected chi connectivity index (χ1v) is 10.3. The Morgan fingerprint density at radius 3 is 2.50 bits per heavy atom. The number of aromatic nitrogens is 2. The molecule has 5 heteroatoms. The molecule has 1 saturated heterocycles. The van der Waals surface area contributed by atoms with Crippen molar-refractivity contribution in [2.75, 3.05) is 4.90 Å². The zero-order valence-electron chi connectivity index (χ0n) is 16.5. The zero-order chi connectivity index (χ0) is 19.7. The van der Waals surface area contributed by atoms with Gasteiger partial charge in [0.2, 0.25) is 0 Å². The maximum absolute atomic E-state index is 5.79. The van der Waals surface area contributed by atoms with Crippen molar-refractivity contribution in [2.45, 2.75) is 45.3 Å². The van der Waals surface area contributed by atoms with Crippen molar-refractivity contribution in [1.29, 1.82) is 0 Å². The van der Waals surface area contributed by atoms with Crippen molar-refractivity contribution >= 4 is 23.0 Å². The Balaban J connectivity index is 1.80. The number of anilines is 1. The predicted molar refractivity (Wildman–Crippen MR) is 119 cm³/mol. The molecule has 0 saturated carbocycles. The number of nitrogens with one attached hydrogen (secondary N) is 1. The fourth-order valence-corrected chi connectivity index (χ4v) is 4.28. The van der Waals surface area contributed by atoms with E-state index in [0.717, 1.165) is 23.0 Å². The monoisotopic (exact) mass is 390 g/mol. The van der Waals surface area contributed by atoms with Crippen LogP contribution in [0.3, 0.4) is 0 Å². The summed E-state index contributed by atoms with van der Waals surface area (Å²) in [5.41, 5.74) is 4.67. The normalized spacial score (nSPS) is 19.3. The molecule has 2 aromatic heterocycles. The predicted octanol–water partition coefficient (Wildman–Crippen LogP) is 5.20. The Kier molecular flexibility index (Phi) is 5.18. The minimum absolute atomic E-state index is 0.00123. The van der Waals surface area contributed by atoms with Gasteiger partial charge in [-0.25, -0.2) is 0 Å². The van der Waals surface area contributed by atoms with Gasteiger partial charge >= 0.3 is 0 Å². The van der Waals surface area contributed by atoms with Crippen LogP contribution in [-0.4, -0.2) is 14.7 Å². The van der Waals surface area contributed by atoms with Crippen LogP contribution in [0.1, 0.15) is 55.7 Å². The Morgan fingerprint density at radius 2 is 1.86 bits per heavy atom. The number of hydrogen-bond acceptors (Lipinski definition) is 2. The summed E-state index contributed by atoms with van der Waals surface area (Å²) in [6.07, 6.45) is 3.97. The second-order valence-corrected chi connectivity index (χ2v) is 7.85. The first kappa shape index (κ1) is 18.7. The highest BCUT2D eigenvalue weighted by molar-refractivity contribution is 7.80. The van der Waals surface area contributed by atoms with Crippen LogP contribution in [-0.2, 0) is 6.54 Å². The van der Waals surface area contributed by atoms with Gasteiger partial charge in [0.15, 0.2) is 5.11 Å². The molecule has 1 aliphatic heterocycles. The van der Waals surface area contributed by atoms with Gasteiger partial charge in [-0.2, -0.15) is 0 Å². The Morgan fingerprint density at radius 1 is 1.07 bits per heavy atom. The largest absolute Gasteiger partial charge is 0.351 e. The molecule has 4 rings (SSSR count). The number of aryl methyl sites for hydroxylation is 1. The van der Waals surface area contributed by atoms with E-state index in [1.165, 1.54) is 11.3 Å². The summed E-state index contributed by atoms with van der Waals surface area (Å²) in [4.78, 5) is 6.85. The molecule has 0 bridgehead atoms. The lowest BCUT2D eigenvalue weighted by Crippen LogP contribution is -2.30. The SMILES string of the molecule is CCn1cccc1[C@H]1[C@@H](c2ccccn2)NC(=S)N1c1ccc(C(C)C)cc1. The molecule has 1 fully saturated rings. The Hall–Kier alpha value is -2.66. The molecule has 1 aromatic carbocycles. The van der Waals surface area contributed by atoms with Crippen LogP contribution >= 0.6 is 12.2 Å². The van der Waals surface area contributed by atoms with Gasteiger partial charge in [-0.05, 0) is 67.0 Å². The summed E-state index contributed by atoms with van der Waals surface area (Å²) < 4.78 is 2.28. The molecule has 144 valence electrons. The molecule has 1 aliphatic rings. The summed E-state index contributed by atoms with van der Waals surface area (Å²) in [5.74, 6) is 0.507. The number of rotatable bonds is 5. The number of pyridine rings is 1. The van der Waals surface area contributed by atoms with Crippen LogP contribution in [0.25, 0.3) is 0 Å². The summed E-state index contributed by atoms with van der Waals surface area (Å²) in [6.45, 7) is 7.51. The van der Waals surface area contributed by atoms with E-state index in [4.69, 9.17) is 12.2 Å². The van der Waals surface area contributed by atoms with Crippen LogP contribution in [0.15, 0.2) is 67.0 Å². The van der Waals surface area contributed by atoms with E-state index >= 15 is 0 Å². The molecule has 0 amide bonds. The lowest BCUT2D eigenvalue weighted by Gasteiger charge is -2.29. The first-order valence-electron chi connectivity index (χ1n) is 9.85. The van der Waals surface area contributed by atoms with Crippen molar-refractivity contribution in [2.24, 2.45) is 0 Å². The first-order chi connectivity index (χ1) is 13.6. The fraction of sp³-hybridized carbons (Fsp3) is 0.304. The van der Waals surface area contributed by atoms with Crippen LogP contribution in [0, 0.1) is 0 Å². The van der Waals surface area contributed by atoms with Gasteiger partial charge in [-0.1, -0.05) is 32.0 Å². The molecule has 0 spiro atoms. The van der Waals surface area contributed by atoms with Crippen molar-refractivity contribution < 1.29 is 0 Å². The van der Waals surface area contributed by atoms with Gasteiger partial charge in [0, 0.05) is 30.3 Å². The Labute approximate surface area is 172 Å². The third-order valence-corrected chi connectivity index (χ3v) is 5.76. The topological polar surface area (TPSA) is 33.1 Å². The van der Waals surface area contributed by atoms with Gasteiger partial charge in [-0.3, -0.25) is 4.98 Å². The average molecular weight is 391 g/mol. The molecule has 2 atom stereocenters. The number of benzene rings is 1. The third-order valence-electron chi connectivity index (χ3n) is 5.44. The van der Waals surface area contributed by atoms with Gasteiger partial charge in [0.1, 0.15) is 6.04 Å². The second kappa shape index (κ2) is 7.76. The molecule has 0 aliphatic carbocycles. The molecular weight excluding hydrogens is 364 g/mol. The van der Waals surface area contributed by atoms with Crippen molar-refractivity contribution in [1.82, 2.24) is 14.9 Å². The smallest absolute Gasteiger partial charge is 0.174 e. The van der Waals surface area contributed by atoms with Crippen molar-refractivity contribution in [3.05, 3.63) is 83.9 Å². The number of nitrogens with zero attached hydrogens (tertiary/aromatic N) is 3. The highest BCUT2D eigenvalue weighted by Crippen LogP contribution is 2.41. The van der Waals surface area contributed by atoms with Crippen LogP contribution in [0.4, 0.5) is 5.69 Å². The van der Waals surface area contributed by atoms with E-state index < -0.39 is 0 Å². The molecule has 3 aromatic rings. The van der Waals surface area contributed by atoms with Crippen LogP contribution in [0.2, 0.25) is 0 Å². The zero-order valence-corrected chi connectivity index (χ0v) is 17.4. The quantitative estimate of drug-likeness (QED) is 0.607. The highest BCUT2D eigenvalue weighted by Gasteiger charge is 2.41. The van der Waals surface area contributed by atoms with Crippen LogP contribution in [0.5, 0.6) is 0 Å². The van der Waals surface area contributed by atoms with Gasteiger partial charge in [0.05, 0.1) is 11.7 Å². The minimum Gasteiger partial charge on any atom is -0.351 e. The second-order valence-electron chi connectivity index (χ2n) is 7.46. The van der Waals surface area contributed by atoms with Crippen molar-refractivity contribution in [3.8, 4) is 0 Å². The number of hydrogen-bond donors (Lipinski definition) is 1. The lowest BCUT2D eigenvalue weighted by atomic mass is 9.99. The molecule has 4 nitrogen and oxygen atoms in total. The van der Waals surface area contributed by atoms with E-state index in [9.17, 15) is 0 Å². The molecule has 0 unspecified atom stereocenters. The van der Waals surface area contributed by atoms with Gasteiger partial charge in [0.25, 0.3) is 0 Å². The van der Waals surface area contributed by atoms with E-state index in [1.54, 1.807) is 0 Å². The highest BCUT2D eigenvalue weighted by atomic mass is 32.1. The minimum atomic E-state index is -0.00123. The lowest BCUT2D eigenvalue weighted by molar-refractivity contribution is 0.529. The average Bonchev–Trinajstić information content (AvgIpc) is 3.32. The van der Waals surface area contributed by atoms with Crippen LogP contribution < -0.4 is 10.2 Å². The Bertz CT molecular complexity index is 946. The summed E-state index contributed by atoms with van der Waals surface area (Å²) in [7, 11) is 0. The molecular formula is C23H26N4S. The van der Waals surface area contributed by atoms with E-state index in [1.807, 2.05) is 18.3 Å². The maximum atomic E-state index is 5.79. The maximum Gasteiger partial charge on any atom is 0.174 e. The summed E-state index contributed by atoms with van der Waals surface area (Å²) >= 11 is 5.79. The summed E-state index contributed by atoms with van der Waals surface area (Å²) in [5, 5.41) is 4.27. The summed E-state index contributed by atoms with van der Waals surface area (Å²) in [6, 6.07) is 19.1. The standard InChI is InChI=1S/C23H26N4S/c1-4-26-15-7-9-20(26)22-21(19-8-5-6-14-24-19)25-23(28)27(22)18-12-10-17(11-13-18)16(2)3/h5-16,21-22H,4H2,1-3H3,(H,25,28)/t21-,22+/m1/s1. The molecule has 3 heterocycles. The van der Waals surface area contributed by atoms with Crippen molar-refractivity contribution in [3.63, 3.8) is 0 Å². The van der Waals surface area contributed by atoms with E-state index in [2.05, 4.69) is 89.2 Å². The third kappa shape index (κ3) is 3.31. The van der Waals surface area contributed by atoms with E-state index in [0.29, 0.717) is 5.92 Å². The fourth-order valence-electron chi connectivity index (χ4n) is 3.94. The van der Waals surface area contributed by atoms with E-state index in [-0.39, 0.29) is 12.1 Å². The molecule has 28 heavy (non-hydrogen) atoms. The molecule has 1 N–H and O–H groups in total.